The second kappa shape index (κ2) is 11.0. The molecule has 0 aliphatic carbocycles. The first-order chi connectivity index (χ1) is 18.5. The van der Waals surface area contributed by atoms with Gasteiger partial charge in [-0.05, 0) is 55.3 Å². The first-order valence-electron chi connectivity index (χ1n) is 12.1. The van der Waals surface area contributed by atoms with Gasteiger partial charge in [-0.15, -0.1) is 0 Å². The maximum Gasteiger partial charge on any atom is 0.409 e. The molecule has 1 aliphatic rings. The molecule has 1 aliphatic heterocycles. The number of likely N-dealkylation sites (tertiary alicyclic amines) is 1. The van der Waals surface area contributed by atoms with Crippen molar-refractivity contribution in [2.24, 2.45) is 0 Å². The molecule has 0 spiro atoms. The predicted octanol–water partition coefficient (Wildman–Crippen LogP) is 5.72. The van der Waals surface area contributed by atoms with E-state index in [9.17, 15) is 14.9 Å². The Morgan fingerprint density at radius 2 is 1.71 bits per heavy atom. The Morgan fingerprint density at radius 1 is 1.00 bits per heavy atom. The van der Waals surface area contributed by atoms with Crippen LogP contribution in [0.1, 0.15) is 12.8 Å². The highest BCUT2D eigenvalue weighted by atomic mass is 16.6. The lowest BCUT2D eigenvalue weighted by Gasteiger charge is -2.31. The van der Waals surface area contributed by atoms with Crippen LogP contribution in [0.4, 0.5) is 27.9 Å². The number of benzene rings is 3. The number of anilines is 3. The minimum Gasteiger partial charge on any atom is -0.457 e. The monoisotopic (exact) mass is 514 g/mol. The highest BCUT2D eigenvalue weighted by Crippen LogP contribution is 2.30. The van der Waals surface area contributed by atoms with Gasteiger partial charge in [0.2, 0.25) is 5.95 Å². The van der Waals surface area contributed by atoms with Crippen LogP contribution in [0.2, 0.25) is 0 Å². The molecule has 1 fully saturated rings. The van der Waals surface area contributed by atoms with Gasteiger partial charge < -0.3 is 25.0 Å². The van der Waals surface area contributed by atoms with Gasteiger partial charge in [-0.25, -0.2) is 9.78 Å². The van der Waals surface area contributed by atoms with Gasteiger partial charge in [0, 0.05) is 42.3 Å². The number of nitrogens with zero attached hydrogens (tertiary/aromatic N) is 4. The first kappa shape index (κ1) is 24.8. The Kier molecular flexibility index (Phi) is 7.16. The number of amides is 1. The van der Waals surface area contributed by atoms with Crippen LogP contribution in [0.3, 0.4) is 0 Å². The number of nitro groups is 1. The van der Waals surface area contributed by atoms with Gasteiger partial charge in [-0.1, -0.05) is 18.2 Å². The summed E-state index contributed by atoms with van der Waals surface area (Å²) in [5.74, 6) is 2.24. The smallest absolute Gasteiger partial charge is 0.409 e. The fourth-order valence-electron chi connectivity index (χ4n) is 4.28. The van der Waals surface area contributed by atoms with Crippen molar-refractivity contribution >= 4 is 40.1 Å². The SMILES string of the molecule is COC(=O)N1CCC(Nc2nc(Nc3ccc(Oc4ccccc4)cc3)c3cc([N+](=O)[O-])ccc3n2)CC1. The summed E-state index contributed by atoms with van der Waals surface area (Å²) in [7, 11) is 1.37. The Hall–Kier alpha value is -4.93. The fourth-order valence-corrected chi connectivity index (χ4v) is 4.28. The maximum absolute atomic E-state index is 11.8. The molecule has 11 nitrogen and oxygen atoms in total. The largest absolute Gasteiger partial charge is 0.457 e. The number of aromatic nitrogens is 2. The van der Waals surface area contributed by atoms with Crippen molar-refractivity contribution in [3.05, 3.63) is 82.9 Å². The average molecular weight is 515 g/mol. The molecule has 11 heteroatoms. The number of nitrogens with one attached hydrogen (secondary N) is 2. The molecule has 194 valence electrons. The van der Waals surface area contributed by atoms with E-state index in [0.29, 0.717) is 54.3 Å². The molecule has 0 unspecified atom stereocenters. The second-order valence-corrected chi connectivity index (χ2v) is 8.79. The van der Waals surface area contributed by atoms with Crippen LogP contribution in [-0.4, -0.2) is 52.1 Å². The summed E-state index contributed by atoms with van der Waals surface area (Å²) in [5, 5.41) is 18.6. The minimum atomic E-state index is -0.444. The van der Waals surface area contributed by atoms with Crippen molar-refractivity contribution in [2.45, 2.75) is 18.9 Å². The van der Waals surface area contributed by atoms with E-state index >= 15 is 0 Å². The molecule has 0 bridgehead atoms. The number of hydrogen-bond donors (Lipinski definition) is 2. The lowest BCUT2D eigenvalue weighted by atomic mass is 10.1. The Labute approximate surface area is 218 Å². The third kappa shape index (κ3) is 5.72. The van der Waals surface area contributed by atoms with Gasteiger partial charge in [0.1, 0.15) is 17.3 Å². The number of carbonyl (C=O) groups is 1. The molecule has 1 aromatic heterocycles. The van der Waals surface area contributed by atoms with Crippen molar-refractivity contribution in [1.29, 1.82) is 0 Å². The third-order valence-electron chi connectivity index (χ3n) is 6.25. The first-order valence-corrected chi connectivity index (χ1v) is 12.1. The molecule has 0 saturated carbocycles. The summed E-state index contributed by atoms with van der Waals surface area (Å²) >= 11 is 0. The van der Waals surface area contributed by atoms with Crippen molar-refractivity contribution < 1.29 is 19.2 Å². The number of rotatable bonds is 7. The average Bonchev–Trinajstić information content (AvgIpc) is 2.94. The van der Waals surface area contributed by atoms with E-state index in [-0.39, 0.29) is 17.8 Å². The minimum absolute atomic E-state index is 0.0494. The van der Waals surface area contributed by atoms with Crippen LogP contribution in [-0.2, 0) is 4.74 Å². The molecule has 38 heavy (non-hydrogen) atoms. The van der Waals surface area contributed by atoms with Gasteiger partial charge in [0.25, 0.3) is 5.69 Å². The van der Waals surface area contributed by atoms with Crippen molar-refractivity contribution in [3.8, 4) is 11.5 Å². The van der Waals surface area contributed by atoms with E-state index in [1.54, 1.807) is 11.0 Å². The summed E-state index contributed by atoms with van der Waals surface area (Å²) in [4.78, 5) is 33.7. The zero-order chi connectivity index (χ0) is 26.5. The summed E-state index contributed by atoms with van der Waals surface area (Å²) in [6.45, 7) is 1.12. The molecule has 3 aromatic carbocycles. The van der Waals surface area contributed by atoms with E-state index in [1.807, 2.05) is 54.6 Å². The normalized spacial score (nSPS) is 13.7. The van der Waals surface area contributed by atoms with Crippen LogP contribution in [0.15, 0.2) is 72.8 Å². The van der Waals surface area contributed by atoms with Crippen molar-refractivity contribution in [2.75, 3.05) is 30.8 Å². The Morgan fingerprint density at radius 3 is 2.39 bits per heavy atom. The number of non-ortho nitro benzene ring substituents is 1. The molecule has 0 radical (unpaired) electrons. The van der Waals surface area contributed by atoms with E-state index in [4.69, 9.17) is 9.47 Å². The van der Waals surface area contributed by atoms with Gasteiger partial charge >= 0.3 is 6.09 Å². The summed E-state index contributed by atoms with van der Waals surface area (Å²) in [6, 6.07) is 21.4. The quantitative estimate of drug-likeness (QED) is 0.235. The predicted molar refractivity (Wildman–Crippen MR) is 143 cm³/mol. The number of carbonyl (C=O) groups excluding carboxylic acids is 1. The van der Waals surface area contributed by atoms with Gasteiger partial charge in [-0.3, -0.25) is 10.1 Å². The van der Waals surface area contributed by atoms with Crippen molar-refractivity contribution in [1.82, 2.24) is 14.9 Å². The third-order valence-corrected chi connectivity index (χ3v) is 6.25. The van der Waals surface area contributed by atoms with Crippen LogP contribution in [0.5, 0.6) is 11.5 Å². The molecule has 0 atom stereocenters. The van der Waals surface area contributed by atoms with Gasteiger partial charge in [-0.2, -0.15) is 4.98 Å². The number of ether oxygens (including phenoxy) is 2. The zero-order valence-electron chi connectivity index (χ0n) is 20.7. The number of piperidine rings is 1. The molecule has 1 amide bonds. The topological polar surface area (TPSA) is 132 Å². The van der Waals surface area contributed by atoms with Crippen LogP contribution in [0, 0.1) is 10.1 Å². The zero-order valence-corrected chi connectivity index (χ0v) is 20.7. The summed E-state index contributed by atoms with van der Waals surface area (Å²) in [5.41, 5.74) is 1.24. The molecule has 5 rings (SSSR count). The van der Waals surface area contributed by atoms with Crippen LogP contribution < -0.4 is 15.4 Å². The number of fused-ring (bicyclic) bond motifs is 1. The van der Waals surface area contributed by atoms with Gasteiger partial charge in [0.05, 0.1) is 17.5 Å². The summed E-state index contributed by atoms with van der Waals surface area (Å²) in [6.07, 6.45) is 1.09. The number of para-hydroxylation sites is 1. The highest BCUT2D eigenvalue weighted by Gasteiger charge is 2.24. The van der Waals surface area contributed by atoms with E-state index < -0.39 is 4.92 Å². The van der Waals surface area contributed by atoms with Crippen LogP contribution in [0.25, 0.3) is 10.9 Å². The standard InChI is InChI=1S/C27H26N6O5/c1-37-27(34)32-15-13-19(14-16-32)29-26-30-24-12-9-20(33(35)36)17-23(24)25(31-26)28-18-7-10-22(11-8-18)38-21-5-3-2-4-6-21/h2-12,17,19H,13-16H2,1H3,(H2,28,29,30,31). The summed E-state index contributed by atoms with van der Waals surface area (Å²) < 4.78 is 10.7. The number of methoxy groups -OCH3 is 1. The number of nitro benzene ring substituents is 1. The molecule has 4 aromatic rings. The molecular weight excluding hydrogens is 488 g/mol. The molecule has 2 N–H and O–H groups in total. The fraction of sp³-hybridized carbons (Fsp3) is 0.222. The van der Waals surface area contributed by atoms with Crippen molar-refractivity contribution in [3.63, 3.8) is 0 Å². The van der Waals surface area contributed by atoms with Gasteiger partial charge in [0.15, 0.2) is 0 Å². The Balaban J connectivity index is 1.38. The van der Waals surface area contributed by atoms with Crippen LogP contribution >= 0.6 is 0 Å². The van der Waals surface area contributed by atoms with E-state index in [1.165, 1.54) is 19.2 Å². The maximum atomic E-state index is 11.8. The highest BCUT2D eigenvalue weighted by molar-refractivity contribution is 5.93. The van der Waals surface area contributed by atoms with E-state index in [0.717, 1.165) is 11.4 Å². The number of hydrogen-bond acceptors (Lipinski definition) is 9. The Bertz CT molecular complexity index is 1440. The molecular formula is C27H26N6O5. The lowest BCUT2D eigenvalue weighted by molar-refractivity contribution is -0.384. The van der Waals surface area contributed by atoms with E-state index in [2.05, 4.69) is 20.6 Å². The molecule has 2 heterocycles. The molecule has 1 saturated heterocycles. The second-order valence-electron chi connectivity index (χ2n) is 8.79. The lowest BCUT2D eigenvalue weighted by Crippen LogP contribution is -2.42.